The highest BCUT2D eigenvalue weighted by Crippen LogP contribution is 2.29. The fourth-order valence-electron chi connectivity index (χ4n) is 2.81. The summed E-state index contributed by atoms with van der Waals surface area (Å²) in [4.78, 5) is 22.8. The maximum Gasteiger partial charge on any atom is 0.221 e. The van der Waals surface area contributed by atoms with E-state index < -0.39 is 0 Å². The van der Waals surface area contributed by atoms with Gasteiger partial charge in [0, 0.05) is 25.1 Å². The predicted molar refractivity (Wildman–Crippen MR) is 121 cm³/mol. The van der Waals surface area contributed by atoms with Gasteiger partial charge in [-0.25, -0.2) is 0 Å². The molecule has 0 aromatic heterocycles. The standard InChI is InChI=1S/C24H22N4O2/c1-17(29)25-21-11-5-3-9-19(21)15-16-20-10-4-6-12-22(20)27-28-24-14-8-7-13-23(24)26-18(2)30/h3-16H,1-2H3,(H,25,29)(H,26,30). The Labute approximate surface area is 175 Å². The summed E-state index contributed by atoms with van der Waals surface area (Å²) in [6.45, 7) is 2.93. The summed E-state index contributed by atoms with van der Waals surface area (Å²) in [5.74, 6) is -0.290. The van der Waals surface area contributed by atoms with Crippen molar-refractivity contribution in [3.05, 3.63) is 83.9 Å². The molecule has 2 N–H and O–H groups in total. The van der Waals surface area contributed by atoms with Crippen LogP contribution in [0.3, 0.4) is 0 Å². The zero-order chi connectivity index (χ0) is 21.3. The molecule has 6 heteroatoms. The van der Waals surface area contributed by atoms with Gasteiger partial charge in [-0.2, -0.15) is 0 Å². The van der Waals surface area contributed by atoms with Crippen LogP contribution in [0.15, 0.2) is 83.0 Å². The Hall–Kier alpha value is -4.06. The van der Waals surface area contributed by atoms with Gasteiger partial charge >= 0.3 is 0 Å². The van der Waals surface area contributed by atoms with Crippen molar-refractivity contribution in [2.24, 2.45) is 10.2 Å². The molecule has 0 aliphatic carbocycles. The second kappa shape index (κ2) is 9.93. The molecular formula is C24H22N4O2. The molecule has 3 rings (SSSR count). The van der Waals surface area contributed by atoms with Crippen LogP contribution in [-0.2, 0) is 9.59 Å². The molecule has 0 atom stereocenters. The van der Waals surface area contributed by atoms with E-state index in [1.54, 1.807) is 12.1 Å². The highest BCUT2D eigenvalue weighted by Gasteiger charge is 2.04. The van der Waals surface area contributed by atoms with E-state index in [1.165, 1.54) is 13.8 Å². The molecule has 0 fully saturated rings. The molecule has 0 heterocycles. The van der Waals surface area contributed by atoms with Gasteiger partial charge in [-0.15, -0.1) is 10.2 Å². The molecule has 2 amide bonds. The Bertz CT molecular complexity index is 1030. The van der Waals surface area contributed by atoms with Crippen molar-refractivity contribution < 1.29 is 9.59 Å². The van der Waals surface area contributed by atoms with Crippen LogP contribution < -0.4 is 10.6 Å². The molecule has 3 aromatic carbocycles. The lowest BCUT2D eigenvalue weighted by molar-refractivity contribution is -0.115. The van der Waals surface area contributed by atoms with Crippen molar-refractivity contribution in [2.75, 3.05) is 10.6 Å². The Morgan fingerprint density at radius 1 is 0.633 bits per heavy atom. The van der Waals surface area contributed by atoms with E-state index in [2.05, 4.69) is 20.9 Å². The summed E-state index contributed by atoms with van der Waals surface area (Å²) < 4.78 is 0. The van der Waals surface area contributed by atoms with Gasteiger partial charge in [-0.3, -0.25) is 9.59 Å². The van der Waals surface area contributed by atoms with Crippen LogP contribution in [0.25, 0.3) is 12.2 Å². The van der Waals surface area contributed by atoms with Crippen molar-refractivity contribution in [1.29, 1.82) is 0 Å². The number of carbonyl (C=O) groups excluding carboxylic acids is 2. The number of benzene rings is 3. The first-order valence-corrected chi connectivity index (χ1v) is 9.45. The topological polar surface area (TPSA) is 82.9 Å². The lowest BCUT2D eigenvalue weighted by Crippen LogP contribution is -2.06. The Morgan fingerprint density at radius 2 is 1.10 bits per heavy atom. The highest BCUT2D eigenvalue weighted by atomic mass is 16.2. The molecule has 3 aromatic rings. The van der Waals surface area contributed by atoms with Crippen molar-refractivity contribution in [3.63, 3.8) is 0 Å². The van der Waals surface area contributed by atoms with Gasteiger partial charge in [0.05, 0.1) is 11.4 Å². The predicted octanol–water partition coefficient (Wildman–Crippen LogP) is 6.19. The molecule has 30 heavy (non-hydrogen) atoms. The fraction of sp³-hybridized carbons (Fsp3) is 0.0833. The van der Waals surface area contributed by atoms with Gasteiger partial charge < -0.3 is 10.6 Å². The number of amides is 2. The quantitative estimate of drug-likeness (QED) is 0.383. The minimum Gasteiger partial charge on any atom is -0.326 e. The van der Waals surface area contributed by atoms with Gasteiger partial charge in [0.15, 0.2) is 0 Å². The average Bonchev–Trinajstić information content (AvgIpc) is 2.72. The largest absolute Gasteiger partial charge is 0.326 e. The molecule has 6 nitrogen and oxygen atoms in total. The number of nitrogens with zero attached hydrogens (tertiary/aromatic N) is 2. The van der Waals surface area contributed by atoms with Crippen LogP contribution >= 0.6 is 0 Å². The summed E-state index contributed by atoms with van der Waals surface area (Å²) in [7, 11) is 0. The fourth-order valence-corrected chi connectivity index (χ4v) is 2.81. The Kier molecular flexibility index (Phi) is 6.84. The normalized spacial score (nSPS) is 11.0. The minimum atomic E-state index is -0.168. The number of carbonyl (C=O) groups is 2. The molecule has 150 valence electrons. The molecular weight excluding hydrogens is 376 g/mol. The summed E-state index contributed by atoms with van der Waals surface area (Å²) in [6, 6.07) is 22.4. The second-order valence-electron chi connectivity index (χ2n) is 6.56. The van der Waals surface area contributed by atoms with E-state index in [4.69, 9.17) is 0 Å². The van der Waals surface area contributed by atoms with Crippen LogP contribution in [0.4, 0.5) is 22.7 Å². The Balaban J connectivity index is 1.88. The van der Waals surface area contributed by atoms with Gasteiger partial charge in [0.25, 0.3) is 0 Å². The third-order valence-corrected chi connectivity index (χ3v) is 4.13. The van der Waals surface area contributed by atoms with Crippen LogP contribution in [0.5, 0.6) is 0 Å². The molecule has 0 radical (unpaired) electrons. The highest BCUT2D eigenvalue weighted by molar-refractivity contribution is 5.93. The SMILES string of the molecule is CC(=O)Nc1ccccc1C=Cc1ccccc1N=Nc1ccccc1NC(C)=O. The van der Waals surface area contributed by atoms with E-state index in [-0.39, 0.29) is 11.8 Å². The van der Waals surface area contributed by atoms with E-state index in [9.17, 15) is 9.59 Å². The average molecular weight is 398 g/mol. The van der Waals surface area contributed by atoms with Gasteiger partial charge in [-0.05, 0) is 29.8 Å². The van der Waals surface area contributed by atoms with Gasteiger partial charge in [0.1, 0.15) is 5.69 Å². The van der Waals surface area contributed by atoms with Crippen molar-refractivity contribution >= 4 is 46.7 Å². The molecule has 0 saturated heterocycles. The maximum atomic E-state index is 11.4. The van der Waals surface area contributed by atoms with Crippen LogP contribution in [-0.4, -0.2) is 11.8 Å². The zero-order valence-corrected chi connectivity index (χ0v) is 16.8. The summed E-state index contributed by atoms with van der Waals surface area (Å²) in [5.41, 5.74) is 4.35. The molecule has 0 spiro atoms. The van der Waals surface area contributed by atoms with Gasteiger partial charge in [-0.1, -0.05) is 60.7 Å². The first-order chi connectivity index (χ1) is 14.5. The smallest absolute Gasteiger partial charge is 0.221 e. The van der Waals surface area contributed by atoms with E-state index in [0.717, 1.165) is 16.8 Å². The van der Waals surface area contributed by atoms with E-state index >= 15 is 0 Å². The molecule has 0 aliphatic heterocycles. The van der Waals surface area contributed by atoms with Crippen molar-refractivity contribution in [3.8, 4) is 0 Å². The minimum absolute atomic E-state index is 0.122. The van der Waals surface area contributed by atoms with Crippen LogP contribution in [0.2, 0.25) is 0 Å². The number of azo groups is 1. The molecule has 0 bridgehead atoms. The second-order valence-corrected chi connectivity index (χ2v) is 6.56. The number of nitrogens with one attached hydrogen (secondary N) is 2. The number of para-hydroxylation sites is 2. The van der Waals surface area contributed by atoms with Crippen LogP contribution in [0, 0.1) is 0 Å². The summed E-state index contributed by atoms with van der Waals surface area (Å²) in [6.07, 6.45) is 3.85. The van der Waals surface area contributed by atoms with Crippen LogP contribution in [0.1, 0.15) is 25.0 Å². The third kappa shape index (κ3) is 5.72. The maximum absolute atomic E-state index is 11.4. The molecule has 0 aliphatic rings. The zero-order valence-electron chi connectivity index (χ0n) is 16.8. The first kappa shape index (κ1) is 20.7. The Morgan fingerprint density at radius 3 is 1.80 bits per heavy atom. The summed E-state index contributed by atoms with van der Waals surface area (Å²) >= 11 is 0. The molecule has 0 saturated carbocycles. The molecule has 0 unspecified atom stereocenters. The number of rotatable bonds is 6. The van der Waals surface area contributed by atoms with Gasteiger partial charge in [0.2, 0.25) is 11.8 Å². The number of hydrogen-bond acceptors (Lipinski definition) is 4. The lowest BCUT2D eigenvalue weighted by Gasteiger charge is -2.06. The third-order valence-electron chi connectivity index (χ3n) is 4.13. The first-order valence-electron chi connectivity index (χ1n) is 9.45. The summed E-state index contributed by atoms with van der Waals surface area (Å²) in [5, 5.41) is 14.3. The van der Waals surface area contributed by atoms with E-state index in [0.29, 0.717) is 17.1 Å². The number of anilines is 2. The monoisotopic (exact) mass is 398 g/mol. The van der Waals surface area contributed by atoms with Crippen molar-refractivity contribution in [1.82, 2.24) is 0 Å². The van der Waals surface area contributed by atoms with E-state index in [1.807, 2.05) is 72.8 Å². The van der Waals surface area contributed by atoms with Crippen molar-refractivity contribution in [2.45, 2.75) is 13.8 Å². The number of hydrogen-bond donors (Lipinski definition) is 2. The lowest BCUT2D eigenvalue weighted by atomic mass is 10.1.